The summed E-state index contributed by atoms with van der Waals surface area (Å²) in [6.45, 7) is -3.14. The van der Waals surface area contributed by atoms with Crippen LogP contribution >= 0.6 is 0 Å². The Labute approximate surface area is 159 Å². The van der Waals surface area contributed by atoms with E-state index in [1.807, 2.05) is 6.92 Å². The molecule has 0 saturated carbocycles. The van der Waals surface area contributed by atoms with Gasteiger partial charge in [0.05, 0.1) is 0 Å². The molecule has 2 rings (SSSR count). The standard InChI is InChI=1S/C15H13BF3.K/c1-12-7-9-13(10-8-12)11-15(16(17,18)19)14-5-3-2-4-6-14;/h2-11H,1H3;/q-1;+1/b15-11+;. The molecule has 2 aromatic rings. The van der Waals surface area contributed by atoms with Crippen LogP contribution in [0.3, 0.4) is 0 Å². The maximum Gasteiger partial charge on any atom is 1.00 e. The molecule has 20 heavy (non-hydrogen) atoms. The van der Waals surface area contributed by atoms with E-state index >= 15 is 0 Å². The summed E-state index contributed by atoms with van der Waals surface area (Å²) in [6.07, 6.45) is 1.20. The van der Waals surface area contributed by atoms with Gasteiger partial charge in [-0.1, -0.05) is 71.8 Å². The summed E-state index contributed by atoms with van der Waals surface area (Å²) in [7, 11) is 0. The topological polar surface area (TPSA) is 0 Å². The first-order chi connectivity index (χ1) is 8.97. The van der Waals surface area contributed by atoms with Gasteiger partial charge in [-0.2, -0.15) is 0 Å². The van der Waals surface area contributed by atoms with Gasteiger partial charge in [-0.15, -0.1) is 5.47 Å². The zero-order valence-electron chi connectivity index (χ0n) is 11.5. The predicted molar refractivity (Wildman–Crippen MR) is 74.6 cm³/mol. The molecule has 0 aromatic heterocycles. The number of hydrogen-bond donors (Lipinski definition) is 0. The Kier molecular flexibility index (Phi) is 6.75. The van der Waals surface area contributed by atoms with Crippen LogP contribution in [-0.2, 0) is 0 Å². The Morgan fingerprint density at radius 2 is 1.45 bits per heavy atom. The molecule has 0 spiro atoms. The molecule has 0 atom stereocenters. The average Bonchev–Trinajstić information content (AvgIpc) is 2.37. The third kappa shape index (κ3) is 4.90. The number of halogens is 3. The second-order valence-electron chi connectivity index (χ2n) is 4.45. The number of rotatable bonds is 3. The van der Waals surface area contributed by atoms with E-state index in [0.29, 0.717) is 5.56 Å². The van der Waals surface area contributed by atoms with Gasteiger partial charge in [-0.25, -0.2) is 0 Å². The van der Waals surface area contributed by atoms with Crippen molar-refractivity contribution in [3.63, 3.8) is 0 Å². The first-order valence-corrected chi connectivity index (χ1v) is 6.00. The van der Waals surface area contributed by atoms with Crippen LogP contribution < -0.4 is 51.4 Å². The number of benzene rings is 2. The van der Waals surface area contributed by atoms with E-state index in [1.165, 1.54) is 18.2 Å². The Bertz CT molecular complexity index is 574. The van der Waals surface area contributed by atoms with Crippen molar-refractivity contribution >= 4 is 18.5 Å². The van der Waals surface area contributed by atoms with Gasteiger partial charge in [-0.3, -0.25) is 0 Å². The molecule has 0 aliphatic heterocycles. The Morgan fingerprint density at radius 1 is 0.900 bits per heavy atom. The molecule has 0 aliphatic carbocycles. The summed E-state index contributed by atoms with van der Waals surface area (Å²) in [5, 5.41) is 0. The Hall–Kier alpha value is -0.329. The van der Waals surface area contributed by atoms with Gasteiger partial charge in [0, 0.05) is 0 Å². The molecule has 0 nitrogen and oxygen atoms in total. The third-order valence-electron chi connectivity index (χ3n) is 2.86. The van der Waals surface area contributed by atoms with Crippen LogP contribution in [0.15, 0.2) is 54.6 Å². The summed E-state index contributed by atoms with van der Waals surface area (Å²) in [5.41, 5.74) is 1.22. The summed E-state index contributed by atoms with van der Waals surface area (Å²) < 4.78 is 39.5. The maximum atomic E-state index is 13.2. The number of aryl methyl sites for hydroxylation is 1. The molecule has 98 valence electrons. The molecule has 0 unspecified atom stereocenters. The van der Waals surface area contributed by atoms with Crippen LogP contribution in [0.4, 0.5) is 12.9 Å². The van der Waals surface area contributed by atoms with Gasteiger partial charge in [0.25, 0.3) is 0 Å². The fraction of sp³-hybridized carbons (Fsp3) is 0.0667. The summed E-state index contributed by atoms with van der Waals surface area (Å²) >= 11 is 0. The van der Waals surface area contributed by atoms with Crippen LogP contribution in [-0.4, -0.2) is 6.98 Å². The predicted octanol–water partition coefficient (Wildman–Crippen LogP) is 1.93. The molecule has 0 amide bonds. The molecule has 0 aliphatic rings. The van der Waals surface area contributed by atoms with E-state index in [9.17, 15) is 12.9 Å². The minimum Gasteiger partial charge on any atom is -0.445 e. The monoisotopic (exact) mass is 300 g/mol. The van der Waals surface area contributed by atoms with Crippen LogP contribution in [0.5, 0.6) is 0 Å². The molecule has 0 heterocycles. The second kappa shape index (κ2) is 7.61. The Balaban J connectivity index is 0.00000200. The largest absolute Gasteiger partial charge is 1.00 e. The smallest absolute Gasteiger partial charge is 0.445 e. The SMILES string of the molecule is Cc1ccc(/C=C(\c2ccccc2)[B-](F)(F)F)cc1.[K+]. The maximum absolute atomic E-state index is 13.2. The van der Waals surface area contributed by atoms with E-state index in [-0.39, 0.29) is 56.9 Å². The second-order valence-corrected chi connectivity index (χ2v) is 4.45. The molecule has 0 bridgehead atoms. The van der Waals surface area contributed by atoms with Crippen LogP contribution in [0.25, 0.3) is 11.5 Å². The van der Waals surface area contributed by atoms with Gasteiger partial charge in [0.15, 0.2) is 0 Å². The first-order valence-electron chi connectivity index (χ1n) is 6.00. The van der Waals surface area contributed by atoms with Gasteiger partial charge >= 0.3 is 58.4 Å². The van der Waals surface area contributed by atoms with E-state index in [0.717, 1.165) is 5.56 Å². The first kappa shape index (κ1) is 17.7. The summed E-state index contributed by atoms with van der Waals surface area (Å²) in [5.74, 6) is 0. The zero-order valence-corrected chi connectivity index (χ0v) is 14.6. The Morgan fingerprint density at radius 3 is 1.95 bits per heavy atom. The van der Waals surface area contributed by atoms with Crippen molar-refractivity contribution in [1.29, 1.82) is 0 Å². The van der Waals surface area contributed by atoms with E-state index < -0.39 is 12.4 Å². The van der Waals surface area contributed by atoms with E-state index in [2.05, 4.69) is 0 Å². The van der Waals surface area contributed by atoms with Gasteiger partial charge in [-0.05, 0) is 12.5 Å². The van der Waals surface area contributed by atoms with E-state index in [1.54, 1.807) is 42.5 Å². The van der Waals surface area contributed by atoms with Crippen LogP contribution in [0.2, 0.25) is 0 Å². The third-order valence-corrected chi connectivity index (χ3v) is 2.86. The molecular formula is C15H13BF3K. The summed E-state index contributed by atoms with van der Waals surface area (Å²) in [4.78, 5) is 0. The van der Waals surface area contributed by atoms with Crippen molar-refractivity contribution in [2.24, 2.45) is 0 Å². The summed E-state index contributed by atoms with van der Waals surface area (Å²) in [6, 6.07) is 14.9. The average molecular weight is 300 g/mol. The van der Waals surface area contributed by atoms with Crippen LogP contribution in [0.1, 0.15) is 16.7 Å². The van der Waals surface area contributed by atoms with Crippen molar-refractivity contribution in [1.82, 2.24) is 0 Å². The molecular weight excluding hydrogens is 287 g/mol. The fourth-order valence-electron chi connectivity index (χ4n) is 1.84. The van der Waals surface area contributed by atoms with Crippen molar-refractivity contribution in [3.8, 4) is 0 Å². The van der Waals surface area contributed by atoms with Gasteiger partial charge in [0.2, 0.25) is 0 Å². The number of hydrogen-bond acceptors (Lipinski definition) is 0. The van der Waals surface area contributed by atoms with E-state index in [4.69, 9.17) is 0 Å². The van der Waals surface area contributed by atoms with Gasteiger partial charge in [0.1, 0.15) is 0 Å². The molecule has 5 heteroatoms. The fourth-order valence-corrected chi connectivity index (χ4v) is 1.84. The normalized spacial score (nSPS) is 11.9. The minimum absolute atomic E-state index is 0. The molecule has 0 fully saturated rings. The molecule has 0 N–H and O–H groups in total. The molecule has 0 saturated heterocycles. The quantitative estimate of drug-likeness (QED) is 0.600. The van der Waals surface area contributed by atoms with Crippen LogP contribution in [0, 0.1) is 6.92 Å². The zero-order chi connectivity index (χ0) is 13.9. The molecule has 0 radical (unpaired) electrons. The van der Waals surface area contributed by atoms with Crippen molar-refractivity contribution in [3.05, 3.63) is 71.3 Å². The van der Waals surface area contributed by atoms with Crippen molar-refractivity contribution in [2.45, 2.75) is 6.92 Å². The van der Waals surface area contributed by atoms with Crippen molar-refractivity contribution < 1.29 is 64.3 Å². The van der Waals surface area contributed by atoms with Gasteiger partial charge < -0.3 is 12.9 Å². The van der Waals surface area contributed by atoms with Crippen molar-refractivity contribution in [2.75, 3.05) is 0 Å². The molecule has 2 aromatic carbocycles. The minimum atomic E-state index is -5.04.